The Labute approximate surface area is 61.2 Å². The summed E-state index contributed by atoms with van der Waals surface area (Å²) in [4.78, 5) is 11.2. The van der Waals surface area contributed by atoms with Crippen LogP contribution in [0.2, 0.25) is 0 Å². The average molecular weight is 142 g/mol. The number of carbonyl (C=O) groups excluding carboxylic acids is 1. The Hall–Kier alpha value is -0.570. The van der Waals surface area contributed by atoms with Gasteiger partial charge in [0.1, 0.15) is 0 Å². The first kappa shape index (κ1) is 7.54. The smallest absolute Gasteiger partial charge is 0.240 e. The Balaban J connectivity index is 2.63. The molecule has 1 unspecified atom stereocenters. The number of hydrogen-bond donors (Lipinski definition) is 2. The minimum absolute atomic E-state index is 0.126. The van der Waals surface area contributed by atoms with Gasteiger partial charge in [-0.15, -0.1) is 0 Å². The highest BCUT2D eigenvalue weighted by Gasteiger charge is 2.33. The Kier molecular flexibility index (Phi) is 1.94. The van der Waals surface area contributed by atoms with Gasteiger partial charge in [-0.25, -0.2) is 5.43 Å². The molecule has 0 saturated carbocycles. The van der Waals surface area contributed by atoms with Gasteiger partial charge in [0.05, 0.1) is 0 Å². The standard InChI is InChI=1S/C7H14N2O/c1-3-7(2)4-5-8-9-6(7)10/h8H,3-5H2,1-2H3,(H,9,10). The first-order valence-electron chi connectivity index (χ1n) is 3.72. The van der Waals surface area contributed by atoms with E-state index in [1.807, 2.05) is 13.8 Å². The zero-order chi connectivity index (χ0) is 7.61. The molecule has 10 heavy (non-hydrogen) atoms. The van der Waals surface area contributed by atoms with Gasteiger partial charge < -0.3 is 0 Å². The van der Waals surface area contributed by atoms with Crippen molar-refractivity contribution in [2.24, 2.45) is 5.41 Å². The summed E-state index contributed by atoms with van der Waals surface area (Å²) in [6.07, 6.45) is 1.86. The minimum atomic E-state index is -0.134. The van der Waals surface area contributed by atoms with Crippen molar-refractivity contribution in [1.29, 1.82) is 0 Å². The molecule has 0 spiro atoms. The Morgan fingerprint density at radius 2 is 2.40 bits per heavy atom. The largest absolute Gasteiger partial charge is 0.291 e. The fourth-order valence-electron chi connectivity index (χ4n) is 1.08. The molecule has 0 aromatic heterocycles. The molecule has 0 bridgehead atoms. The molecule has 1 aliphatic heterocycles. The molecule has 1 atom stereocenters. The lowest BCUT2D eigenvalue weighted by Crippen LogP contribution is -2.52. The summed E-state index contributed by atoms with van der Waals surface area (Å²) in [6.45, 7) is 4.93. The van der Waals surface area contributed by atoms with Crippen molar-refractivity contribution >= 4 is 5.91 Å². The van der Waals surface area contributed by atoms with Crippen LogP contribution in [0.25, 0.3) is 0 Å². The third-order valence-corrected chi connectivity index (χ3v) is 2.33. The maximum atomic E-state index is 11.2. The highest BCUT2D eigenvalue weighted by atomic mass is 16.2. The van der Waals surface area contributed by atoms with E-state index >= 15 is 0 Å². The predicted molar refractivity (Wildman–Crippen MR) is 39.2 cm³/mol. The van der Waals surface area contributed by atoms with Crippen LogP contribution in [0.4, 0.5) is 0 Å². The molecule has 1 amide bonds. The number of rotatable bonds is 1. The van der Waals surface area contributed by atoms with E-state index in [2.05, 4.69) is 10.9 Å². The molecule has 3 nitrogen and oxygen atoms in total. The lowest BCUT2D eigenvalue weighted by atomic mass is 9.82. The van der Waals surface area contributed by atoms with E-state index in [-0.39, 0.29) is 11.3 Å². The second-order valence-electron chi connectivity index (χ2n) is 3.05. The van der Waals surface area contributed by atoms with Crippen LogP contribution in [0.1, 0.15) is 26.7 Å². The lowest BCUT2D eigenvalue weighted by Gasteiger charge is -2.31. The quantitative estimate of drug-likeness (QED) is 0.557. The summed E-state index contributed by atoms with van der Waals surface area (Å²) in [7, 11) is 0. The van der Waals surface area contributed by atoms with Gasteiger partial charge in [0.15, 0.2) is 0 Å². The molecule has 1 aliphatic rings. The third-order valence-electron chi connectivity index (χ3n) is 2.33. The molecule has 1 rings (SSSR count). The molecule has 0 aromatic carbocycles. The molecule has 1 fully saturated rings. The summed E-state index contributed by atoms with van der Waals surface area (Å²) in [5.41, 5.74) is 5.33. The Bertz CT molecular complexity index is 147. The van der Waals surface area contributed by atoms with Gasteiger partial charge in [-0.1, -0.05) is 13.8 Å². The average Bonchev–Trinajstić information content (AvgIpc) is 1.96. The van der Waals surface area contributed by atoms with Crippen molar-refractivity contribution < 1.29 is 4.79 Å². The first-order valence-corrected chi connectivity index (χ1v) is 3.72. The van der Waals surface area contributed by atoms with Crippen LogP contribution < -0.4 is 10.9 Å². The molecule has 0 aromatic rings. The predicted octanol–water partition coefficient (Wildman–Crippen LogP) is 0.427. The van der Waals surface area contributed by atoms with Crippen LogP contribution in [-0.2, 0) is 4.79 Å². The topological polar surface area (TPSA) is 41.1 Å². The zero-order valence-corrected chi connectivity index (χ0v) is 6.53. The second kappa shape index (κ2) is 2.58. The van der Waals surface area contributed by atoms with Crippen molar-refractivity contribution in [3.8, 4) is 0 Å². The molecule has 2 N–H and O–H groups in total. The van der Waals surface area contributed by atoms with Gasteiger partial charge in [-0.2, -0.15) is 0 Å². The fraction of sp³-hybridized carbons (Fsp3) is 0.857. The summed E-state index contributed by atoms with van der Waals surface area (Å²) in [6, 6.07) is 0. The molecule has 1 saturated heterocycles. The van der Waals surface area contributed by atoms with Crippen LogP contribution >= 0.6 is 0 Å². The summed E-state index contributed by atoms with van der Waals surface area (Å²) in [5, 5.41) is 0. The minimum Gasteiger partial charge on any atom is -0.291 e. The molecule has 58 valence electrons. The van der Waals surface area contributed by atoms with E-state index in [1.54, 1.807) is 0 Å². The van der Waals surface area contributed by atoms with Gasteiger partial charge in [0, 0.05) is 12.0 Å². The number of hydrogen-bond acceptors (Lipinski definition) is 2. The highest BCUT2D eigenvalue weighted by Crippen LogP contribution is 2.26. The number of amides is 1. The van der Waals surface area contributed by atoms with Gasteiger partial charge >= 0.3 is 0 Å². The van der Waals surface area contributed by atoms with Crippen LogP contribution in [0.5, 0.6) is 0 Å². The highest BCUT2D eigenvalue weighted by molar-refractivity contribution is 5.82. The van der Waals surface area contributed by atoms with Crippen molar-refractivity contribution in [2.45, 2.75) is 26.7 Å². The Morgan fingerprint density at radius 1 is 1.70 bits per heavy atom. The second-order valence-corrected chi connectivity index (χ2v) is 3.05. The fourth-order valence-corrected chi connectivity index (χ4v) is 1.08. The maximum absolute atomic E-state index is 11.2. The Morgan fingerprint density at radius 3 is 2.80 bits per heavy atom. The first-order chi connectivity index (χ1) is 4.69. The SMILES string of the molecule is CCC1(C)CCNNC1=O. The van der Waals surface area contributed by atoms with Crippen LogP contribution in [-0.4, -0.2) is 12.5 Å². The van der Waals surface area contributed by atoms with E-state index in [4.69, 9.17) is 0 Å². The van der Waals surface area contributed by atoms with Crippen molar-refractivity contribution in [2.75, 3.05) is 6.54 Å². The zero-order valence-electron chi connectivity index (χ0n) is 6.53. The summed E-state index contributed by atoms with van der Waals surface area (Å²) in [5.74, 6) is 0.126. The molecule has 0 radical (unpaired) electrons. The van der Waals surface area contributed by atoms with Gasteiger partial charge in [0.25, 0.3) is 0 Å². The van der Waals surface area contributed by atoms with Crippen LogP contribution in [0.15, 0.2) is 0 Å². The van der Waals surface area contributed by atoms with Gasteiger partial charge in [0.2, 0.25) is 5.91 Å². The summed E-state index contributed by atoms with van der Waals surface area (Å²) < 4.78 is 0. The van der Waals surface area contributed by atoms with E-state index < -0.39 is 0 Å². The third kappa shape index (κ3) is 1.14. The van der Waals surface area contributed by atoms with E-state index in [1.165, 1.54) is 0 Å². The molecular formula is C7H14N2O. The van der Waals surface area contributed by atoms with Gasteiger partial charge in [-0.3, -0.25) is 10.2 Å². The monoisotopic (exact) mass is 142 g/mol. The molecular weight excluding hydrogens is 128 g/mol. The molecule has 3 heteroatoms. The van der Waals surface area contributed by atoms with E-state index in [0.717, 1.165) is 19.4 Å². The van der Waals surface area contributed by atoms with Crippen molar-refractivity contribution in [1.82, 2.24) is 10.9 Å². The van der Waals surface area contributed by atoms with Crippen LogP contribution in [0, 0.1) is 5.41 Å². The van der Waals surface area contributed by atoms with Gasteiger partial charge in [-0.05, 0) is 12.8 Å². The number of nitrogens with one attached hydrogen (secondary N) is 2. The van der Waals surface area contributed by atoms with Crippen molar-refractivity contribution in [3.05, 3.63) is 0 Å². The van der Waals surface area contributed by atoms with E-state index in [0.29, 0.717) is 0 Å². The molecule has 0 aliphatic carbocycles. The molecule has 1 heterocycles. The maximum Gasteiger partial charge on any atom is 0.240 e. The van der Waals surface area contributed by atoms with E-state index in [9.17, 15) is 4.79 Å². The summed E-state index contributed by atoms with van der Waals surface area (Å²) >= 11 is 0. The number of hydrazine groups is 1. The lowest BCUT2D eigenvalue weighted by molar-refractivity contribution is -0.134. The number of carbonyl (C=O) groups is 1. The normalized spacial score (nSPS) is 33.6. The van der Waals surface area contributed by atoms with Crippen molar-refractivity contribution in [3.63, 3.8) is 0 Å². The van der Waals surface area contributed by atoms with Crippen LogP contribution in [0.3, 0.4) is 0 Å².